The summed E-state index contributed by atoms with van der Waals surface area (Å²) in [6.45, 7) is 3.86. The van der Waals surface area contributed by atoms with Crippen molar-refractivity contribution in [3.05, 3.63) is 102 Å². The Hall–Kier alpha value is -3.07. The van der Waals surface area contributed by atoms with E-state index in [1.54, 1.807) is 6.92 Å². The Morgan fingerprint density at radius 1 is 0.615 bits per heavy atom. The monoisotopic (exact) mass is 540 g/mol. The summed E-state index contributed by atoms with van der Waals surface area (Å²) < 4.78 is 5.32. The van der Waals surface area contributed by atoms with Crippen molar-refractivity contribution in [3.63, 3.8) is 0 Å². The minimum atomic E-state index is -0.839. The fourth-order valence-corrected chi connectivity index (χ4v) is 5.31. The molecule has 3 heteroatoms. The highest BCUT2D eigenvalue weighted by atomic mass is 35.5. The minimum Gasteiger partial charge on any atom is -0.465 e. The highest BCUT2D eigenvalue weighted by molar-refractivity contribution is 6.33. The molecule has 1 atom stereocenters. The first-order valence-corrected chi connectivity index (χ1v) is 14.9. The summed E-state index contributed by atoms with van der Waals surface area (Å²) >= 11 is 6.69. The SMILES string of the molecule is CCCCCCCCCCc1ccc(-c2ccc(-c3ccc(-c4ccc(OC(C)O)cc4)c(Cl)c3)cc2)cc1. The molecule has 0 bridgehead atoms. The fraction of sp³-hybridized carbons (Fsp3) is 0.333. The third-order valence-electron chi connectivity index (χ3n) is 7.27. The first-order chi connectivity index (χ1) is 19.0. The molecule has 0 aliphatic carbocycles. The number of rotatable bonds is 14. The van der Waals surface area contributed by atoms with Crippen LogP contribution in [0.5, 0.6) is 5.75 Å². The van der Waals surface area contributed by atoms with Gasteiger partial charge in [0.05, 0.1) is 0 Å². The van der Waals surface area contributed by atoms with E-state index in [1.165, 1.54) is 74.5 Å². The number of unbranched alkanes of at least 4 members (excludes halogenated alkanes) is 7. The maximum Gasteiger partial charge on any atom is 0.194 e. The standard InChI is InChI=1S/C36H41ClO2/c1-3-4-5-6-7-8-9-10-11-28-12-14-29(15-13-28)30-16-18-31(19-17-30)33-22-25-35(36(37)26-33)32-20-23-34(24-21-32)39-27(2)38/h12-27,38H,3-11H2,1-2H3. The molecule has 0 aliphatic heterocycles. The maximum atomic E-state index is 9.39. The quantitative estimate of drug-likeness (QED) is 0.127. The van der Waals surface area contributed by atoms with Gasteiger partial charge >= 0.3 is 0 Å². The summed E-state index contributed by atoms with van der Waals surface area (Å²) in [4.78, 5) is 0. The van der Waals surface area contributed by atoms with Gasteiger partial charge in [-0.15, -0.1) is 0 Å². The summed E-state index contributed by atoms with van der Waals surface area (Å²) in [6, 6.07) is 31.5. The van der Waals surface area contributed by atoms with Gasteiger partial charge in [0, 0.05) is 10.6 Å². The van der Waals surface area contributed by atoms with Gasteiger partial charge in [-0.2, -0.15) is 0 Å². The van der Waals surface area contributed by atoms with Crippen LogP contribution in [-0.4, -0.2) is 11.4 Å². The van der Waals surface area contributed by atoms with Crippen LogP contribution in [0.15, 0.2) is 91.0 Å². The lowest BCUT2D eigenvalue weighted by atomic mass is 9.97. The lowest BCUT2D eigenvalue weighted by Gasteiger charge is -2.11. The van der Waals surface area contributed by atoms with Gasteiger partial charge in [-0.3, -0.25) is 0 Å². The number of aliphatic hydroxyl groups excluding tert-OH is 1. The second-order valence-electron chi connectivity index (χ2n) is 10.4. The summed E-state index contributed by atoms with van der Waals surface area (Å²) in [5.74, 6) is 0.625. The molecule has 0 radical (unpaired) electrons. The number of ether oxygens (including phenoxy) is 1. The minimum absolute atomic E-state index is 0.625. The molecule has 1 unspecified atom stereocenters. The zero-order valence-electron chi connectivity index (χ0n) is 23.3. The van der Waals surface area contributed by atoms with Crippen molar-refractivity contribution in [1.29, 1.82) is 0 Å². The van der Waals surface area contributed by atoms with E-state index >= 15 is 0 Å². The van der Waals surface area contributed by atoms with Gasteiger partial charge in [-0.25, -0.2) is 0 Å². The van der Waals surface area contributed by atoms with Crippen molar-refractivity contribution >= 4 is 11.6 Å². The second kappa shape index (κ2) is 14.9. The van der Waals surface area contributed by atoms with Crippen LogP contribution in [0.1, 0.15) is 70.8 Å². The largest absolute Gasteiger partial charge is 0.465 e. The third-order valence-corrected chi connectivity index (χ3v) is 7.58. The van der Waals surface area contributed by atoms with Gasteiger partial charge in [-0.1, -0.05) is 136 Å². The normalized spacial score (nSPS) is 11.9. The third kappa shape index (κ3) is 8.71. The average molecular weight is 541 g/mol. The average Bonchev–Trinajstić information content (AvgIpc) is 2.95. The van der Waals surface area contributed by atoms with Crippen molar-refractivity contribution in [1.82, 2.24) is 0 Å². The number of aryl methyl sites for hydroxylation is 1. The summed E-state index contributed by atoms with van der Waals surface area (Å²) in [7, 11) is 0. The van der Waals surface area contributed by atoms with Crippen LogP contribution in [0.25, 0.3) is 33.4 Å². The molecule has 39 heavy (non-hydrogen) atoms. The molecule has 0 spiro atoms. The Morgan fingerprint density at radius 2 is 1.10 bits per heavy atom. The fourth-order valence-electron chi connectivity index (χ4n) is 5.02. The van der Waals surface area contributed by atoms with Gasteiger partial charge in [0.25, 0.3) is 0 Å². The van der Waals surface area contributed by atoms with Crippen LogP contribution >= 0.6 is 11.6 Å². The molecule has 0 saturated carbocycles. The molecule has 0 aromatic heterocycles. The summed E-state index contributed by atoms with van der Waals surface area (Å²) in [5.41, 5.74) is 8.10. The molecule has 0 heterocycles. The van der Waals surface area contributed by atoms with E-state index in [4.69, 9.17) is 16.3 Å². The van der Waals surface area contributed by atoms with E-state index in [2.05, 4.69) is 67.6 Å². The van der Waals surface area contributed by atoms with Gasteiger partial charge in [0.15, 0.2) is 6.29 Å². The molecule has 0 aliphatic rings. The Bertz CT molecular complexity index is 1280. The molecule has 0 fully saturated rings. The topological polar surface area (TPSA) is 29.5 Å². The van der Waals surface area contributed by atoms with E-state index < -0.39 is 6.29 Å². The summed E-state index contributed by atoms with van der Waals surface area (Å²) in [6.07, 6.45) is 11.2. The van der Waals surface area contributed by atoms with Crippen molar-refractivity contribution in [2.45, 2.75) is 77.9 Å². The molecule has 2 nitrogen and oxygen atoms in total. The molecule has 4 aromatic rings. The van der Waals surface area contributed by atoms with Crippen molar-refractivity contribution < 1.29 is 9.84 Å². The van der Waals surface area contributed by atoms with E-state index in [1.807, 2.05) is 30.3 Å². The molecule has 204 valence electrons. The number of halogens is 1. The predicted molar refractivity (Wildman–Crippen MR) is 166 cm³/mol. The van der Waals surface area contributed by atoms with Gasteiger partial charge < -0.3 is 9.84 Å². The molecule has 0 amide bonds. The number of hydrogen-bond donors (Lipinski definition) is 1. The van der Waals surface area contributed by atoms with E-state index in [-0.39, 0.29) is 0 Å². The number of hydrogen-bond acceptors (Lipinski definition) is 2. The van der Waals surface area contributed by atoms with Crippen molar-refractivity contribution in [2.24, 2.45) is 0 Å². The zero-order chi connectivity index (χ0) is 27.5. The van der Waals surface area contributed by atoms with E-state index in [0.29, 0.717) is 10.8 Å². The molecule has 1 N–H and O–H groups in total. The van der Waals surface area contributed by atoms with Gasteiger partial charge in [0.1, 0.15) is 5.75 Å². The van der Waals surface area contributed by atoms with Gasteiger partial charge in [0.2, 0.25) is 0 Å². The summed E-state index contributed by atoms with van der Waals surface area (Å²) in [5, 5.41) is 10.1. The Labute approximate surface area is 239 Å². The second-order valence-corrected chi connectivity index (χ2v) is 10.8. The van der Waals surface area contributed by atoms with Crippen LogP contribution in [0, 0.1) is 0 Å². The zero-order valence-corrected chi connectivity index (χ0v) is 24.1. The first kappa shape index (κ1) is 28.9. The van der Waals surface area contributed by atoms with Crippen LogP contribution in [-0.2, 0) is 6.42 Å². The highest BCUT2D eigenvalue weighted by Gasteiger charge is 2.08. The molecule has 4 rings (SSSR count). The van der Waals surface area contributed by atoms with Crippen molar-refractivity contribution in [3.8, 4) is 39.1 Å². The smallest absolute Gasteiger partial charge is 0.194 e. The molecular formula is C36H41ClO2. The molecular weight excluding hydrogens is 500 g/mol. The van der Waals surface area contributed by atoms with Crippen LogP contribution in [0.4, 0.5) is 0 Å². The lowest BCUT2D eigenvalue weighted by molar-refractivity contribution is -0.000283. The van der Waals surface area contributed by atoms with Crippen LogP contribution in [0.3, 0.4) is 0 Å². The van der Waals surface area contributed by atoms with E-state index in [0.717, 1.165) is 22.3 Å². The number of benzene rings is 4. The Balaban J connectivity index is 1.32. The lowest BCUT2D eigenvalue weighted by Crippen LogP contribution is -2.09. The van der Waals surface area contributed by atoms with Crippen molar-refractivity contribution in [2.75, 3.05) is 0 Å². The first-order valence-electron chi connectivity index (χ1n) is 14.5. The highest BCUT2D eigenvalue weighted by Crippen LogP contribution is 2.34. The number of aliphatic hydroxyl groups is 1. The van der Waals surface area contributed by atoms with E-state index in [9.17, 15) is 5.11 Å². The Kier molecular flexibility index (Phi) is 11.1. The maximum absolute atomic E-state index is 9.39. The molecule has 4 aromatic carbocycles. The van der Waals surface area contributed by atoms with Crippen LogP contribution in [0.2, 0.25) is 5.02 Å². The molecule has 0 saturated heterocycles. The Morgan fingerprint density at radius 3 is 1.67 bits per heavy atom. The predicted octanol–water partition coefficient (Wildman–Crippen LogP) is 10.7. The van der Waals surface area contributed by atoms with Gasteiger partial charge in [-0.05, 0) is 71.3 Å². The van der Waals surface area contributed by atoms with Crippen LogP contribution < -0.4 is 4.74 Å².